The van der Waals surface area contributed by atoms with E-state index in [-0.39, 0.29) is 25.2 Å². The summed E-state index contributed by atoms with van der Waals surface area (Å²) in [6.45, 7) is -0.122. The molecule has 0 heterocycles. The first-order chi connectivity index (χ1) is 12.0. The molecule has 0 aromatic heterocycles. The lowest BCUT2D eigenvalue weighted by Crippen LogP contribution is -2.44. The Bertz CT molecular complexity index is 737. The maximum Gasteiger partial charge on any atom is 0.326 e. The van der Waals surface area contributed by atoms with E-state index in [1.165, 1.54) is 0 Å². The Kier molecular flexibility index (Phi) is 6.59. The van der Waals surface area contributed by atoms with E-state index in [9.17, 15) is 23.5 Å². The summed E-state index contributed by atoms with van der Waals surface area (Å²) in [7, 11) is 0. The van der Waals surface area contributed by atoms with Gasteiger partial charge in [0.2, 0.25) is 5.91 Å². The van der Waals surface area contributed by atoms with E-state index in [1.54, 1.807) is 0 Å². The number of carbonyl (C=O) groups excluding carboxylic acids is 1. The first-order valence-electron chi connectivity index (χ1n) is 7.53. The summed E-state index contributed by atoms with van der Waals surface area (Å²) in [6, 6.07) is 10.7. The first kappa shape index (κ1) is 18.5. The number of nitrogens with one attached hydrogen (secondary N) is 1. The summed E-state index contributed by atoms with van der Waals surface area (Å²) >= 11 is 0. The number of carboxylic acids is 1. The van der Waals surface area contributed by atoms with Crippen molar-refractivity contribution in [3.8, 4) is 0 Å². The van der Waals surface area contributed by atoms with Crippen LogP contribution >= 0.6 is 0 Å². The third-order valence-electron chi connectivity index (χ3n) is 3.42. The molecule has 0 bridgehead atoms. The van der Waals surface area contributed by atoms with Gasteiger partial charge in [-0.1, -0.05) is 36.4 Å². The highest BCUT2D eigenvalue weighted by Crippen LogP contribution is 2.12. The molecule has 0 unspecified atom stereocenters. The van der Waals surface area contributed by atoms with Crippen molar-refractivity contribution in [1.82, 2.24) is 5.32 Å². The summed E-state index contributed by atoms with van der Waals surface area (Å²) in [5, 5.41) is 11.4. The van der Waals surface area contributed by atoms with E-state index in [1.807, 2.05) is 30.3 Å². The number of halogens is 2. The number of carboxylic acid groups (broad SMARTS) is 1. The molecular formula is C18H17F2NO4. The van der Waals surface area contributed by atoms with Crippen molar-refractivity contribution in [2.75, 3.05) is 6.61 Å². The van der Waals surface area contributed by atoms with Crippen LogP contribution in [0.3, 0.4) is 0 Å². The molecule has 1 amide bonds. The van der Waals surface area contributed by atoms with Gasteiger partial charge in [-0.3, -0.25) is 4.79 Å². The number of ether oxygens (including phenoxy) is 1. The Morgan fingerprint density at radius 2 is 1.84 bits per heavy atom. The number of amides is 1. The molecular weight excluding hydrogens is 332 g/mol. The minimum Gasteiger partial charge on any atom is -0.480 e. The van der Waals surface area contributed by atoms with Crippen LogP contribution in [0.25, 0.3) is 0 Å². The molecule has 2 aromatic carbocycles. The van der Waals surface area contributed by atoms with Crippen LogP contribution in [-0.2, 0) is 27.4 Å². The fraction of sp³-hybridized carbons (Fsp3) is 0.222. The molecule has 0 radical (unpaired) electrons. The number of benzene rings is 2. The highest BCUT2D eigenvalue weighted by molar-refractivity contribution is 5.84. The van der Waals surface area contributed by atoms with Crippen molar-refractivity contribution in [1.29, 1.82) is 0 Å². The molecule has 0 fully saturated rings. The van der Waals surface area contributed by atoms with Crippen LogP contribution in [0.15, 0.2) is 48.5 Å². The normalized spacial score (nSPS) is 11.8. The van der Waals surface area contributed by atoms with Crippen LogP contribution in [0.1, 0.15) is 11.1 Å². The lowest BCUT2D eigenvalue weighted by Gasteiger charge is -2.15. The predicted molar refractivity (Wildman–Crippen MR) is 85.7 cm³/mol. The molecule has 25 heavy (non-hydrogen) atoms. The molecule has 132 valence electrons. The van der Waals surface area contributed by atoms with Gasteiger partial charge in [-0.15, -0.1) is 0 Å². The van der Waals surface area contributed by atoms with Gasteiger partial charge in [0.1, 0.15) is 24.3 Å². The molecule has 0 saturated heterocycles. The highest BCUT2D eigenvalue weighted by Gasteiger charge is 2.22. The van der Waals surface area contributed by atoms with E-state index >= 15 is 0 Å². The average molecular weight is 349 g/mol. The van der Waals surface area contributed by atoms with Crippen LogP contribution in [0.2, 0.25) is 0 Å². The molecule has 0 aliphatic heterocycles. The topological polar surface area (TPSA) is 75.6 Å². The third kappa shape index (κ3) is 5.96. The van der Waals surface area contributed by atoms with E-state index in [0.29, 0.717) is 6.07 Å². The number of aliphatic carboxylic acids is 1. The molecule has 1 atom stereocenters. The van der Waals surface area contributed by atoms with Gasteiger partial charge in [0.25, 0.3) is 0 Å². The fourth-order valence-corrected chi connectivity index (χ4v) is 2.18. The number of rotatable bonds is 8. The number of hydrogen-bond acceptors (Lipinski definition) is 3. The van der Waals surface area contributed by atoms with Crippen molar-refractivity contribution < 1.29 is 28.2 Å². The van der Waals surface area contributed by atoms with Gasteiger partial charge in [0.15, 0.2) is 0 Å². The predicted octanol–water partition coefficient (Wildman–Crippen LogP) is 2.29. The fourth-order valence-electron chi connectivity index (χ4n) is 2.18. The molecule has 0 aliphatic carbocycles. The Morgan fingerprint density at radius 1 is 1.12 bits per heavy atom. The van der Waals surface area contributed by atoms with E-state index in [2.05, 4.69) is 5.32 Å². The highest BCUT2D eigenvalue weighted by atomic mass is 19.1. The van der Waals surface area contributed by atoms with Gasteiger partial charge < -0.3 is 15.2 Å². The quantitative estimate of drug-likeness (QED) is 0.767. The van der Waals surface area contributed by atoms with Crippen molar-refractivity contribution in [3.05, 3.63) is 71.3 Å². The maximum atomic E-state index is 13.6. The molecule has 5 nitrogen and oxygen atoms in total. The lowest BCUT2D eigenvalue weighted by atomic mass is 10.1. The van der Waals surface area contributed by atoms with Crippen molar-refractivity contribution in [2.45, 2.75) is 19.1 Å². The zero-order chi connectivity index (χ0) is 18.2. The van der Waals surface area contributed by atoms with Crippen LogP contribution in [-0.4, -0.2) is 29.6 Å². The van der Waals surface area contributed by atoms with Crippen LogP contribution < -0.4 is 5.32 Å². The van der Waals surface area contributed by atoms with Gasteiger partial charge in [-0.05, 0) is 17.2 Å². The maximum absolute atomic E-state index is 13.6. The van der Waals surface area contributed by atoms with Gasteiger partial charge in [-0.2, -0.15) is 0 Å². The largest absolute Gasteiger partial charge is 0.480 e. The SMILES string of the molecule is O=C(COCc1ccccc1)N[C@H](Cc1ccc(F)cc1F)C(=O)O. The van der Waals surface area contributed by atoms with Crippen molar-refractivity contribution >= 4 is 11.9 Å². The minimum atomic E-state index is -1.34. The second-order valence-electron chi connectivity index (χ2n) is 5.38. The van der Waals surface area contributed by atoms with E-state index in [4.69, 9.17) is 4.74 Å². The summed E-state index contributed by atoms with van der Waals surface area (Å²) in [6.07, 6.45) is -0.300. The third-order valence-corrected chi connectivity index (χ3v) is 3.42. The summed E-state index contributed by atoms with van der Waals surface area (Å²) in [5.74, 6) is -3.57. The first-order valence-corrected chi connectivity index (χ1v) is 7.53. The molecule has 2 N–H and O–H groups in total. The molecule has 0 spiro atoms. The van der Waals surface area contributed by atoms with Crippen LogP contribution in [0.4, 0.5) is 8.78 Å². The zero-order valence-electron chi connectivity index (χ0n) is 13.2. The number of carbonyl (C=O) groups is 2. The van der Waals surface area contributed by atoms with Crippen molar-refractivity contribution in [3.63, 3.8) is 0 Å². The standard InChI is InChI=1S/C18H17F2NO4/c19-14-7-6-13(15(20)9-14)8-16(18(23)24)21-17(22)11-25-10-12-4-2-1-3-5-12/h1-7,9,16H,8,10-11H2,(H,21,22)(H,23,24)/t16-/m1/s1. The molecule has 2 aromatic rings. The summed E-state index contributed by atoms with van der Waals surface area (Å²) < 4.78 is 31.7. The summed E-state index contributed by atoms with van der Waals surface area (Å²) in [5.41, 5.74) is 0.873. The molecule has 7 heteroatoms. The Hall–Kier alpha value is -2.80. The van der Waals surface area contributed by atoms with Gasteiger partial charge >= 0.3 is 5.97 Å². The van der Waals surface area contributed by atoms with Gasteiger partial charge in [-0.25, -0.2) is 13.6 Å². The molecule has 0 saturated carbocycles. The number of hydrogen-bond donors (Lipinski definition) is 2. The van der Waals surface area contributed by atoms with E-state index in [0.717, 1.165) is 17.7 Å². The van der Waals surface area contributed by atoms with Gasteiger partial charge in [0, 0.05) is 12.5 Å². The van der Waals surface area contributed by atoms with Crippen LogP contribution in [0, 0.1) is 11.6 Å². The van der Waals surface area contributed by atoms with Crippen LogP contribution in [0.5, 0.6) is 0 Å². The summed E-state index contributed by atoms with van der Waals surface area (Å²) in [4.78, 5) is 23.1. The zero-order valence-corrected chi connectivity index (χ0v) is 13.2. The van der Waals surface area contributed by atoms with E-state index < -0.39 is 29.6 Å². The second-order valence-corrected chi connectivity index (χ2v) is 5.38. The Labute approximate surface area is 143 Å². The average Bonchev–Trinajstić information content (AvgIpc) is 2.57. The molecule has 0 aliphatic rings. The van der Waals surface area contributed by atoms with Crippen molar-refractivity contribution in [2.24, 2.45) is 0 Å². The second kappa shape index (κ2) is 8.89. The Morgan fingerprint density at radius 3 is 2.48 bits per heavy atom. The van der Waals surface area contributed by atoms with Gasteiger partial charge in [0.05, 0.1) is 6.61 Å². The monoisotopic (exact) mass is 349 g/mol. The molecule has 2 rings (SSSR count). The lowest BCUT2D eigenvalue weighted by molar-refractivity contribution is -0.142. The minimum absolute atomic E-state index is 0.000645. The smallest absolute Gasteiger partial charge is 0.326 e. The Balaban J connectivity index is 1.87.